The molecule has 0 heterocycles. The predicted octanol–water partition coefficient (Wildman–Crippen LogP) is 3.52. The van der Waals surface area contributed by atoms with Crippen LogP contribution in [0.3, 0.4) is 0 Å². The van der Waals surface area contributed by atoms with Crippen molar-refractivity contribution in [1.82, 2.24) is 0 Å². The second-order valence-corrected chi connectivity index (χ2v) is 5.46. The standard InChI is InChI=1S/C17H21FO2/c1-13-5-4-7-16(9-13)20-17-11-14(6-2-3-8-19)10-15(18)12-17/h10-13,16,19H,3-5,7-9H2,1H3. The molecule has 1 aliphatic carbocycles. The van der Waals surface area contributed by atoms with Gasteiger partial charge in [0.2, 0.25) is 0 Å². The molecule has 0 saturated heterocycles. The highest BCUT2D eigenvalue weighted by Crippen LogP contribution is 2.28. The van der Waals surface area contributed by atoms with Crippen LogP contribution in [0.5, 0.6) is 5.75 Å². The highest BCUT2D eigenvalue weighted by Gasteiger charge is 2.20. The number of rotatable bonds is 3. The van der Waals surface area contributed by atoms with Crippen LogP contribution in [0.15, 0.2) is 18.2 Å². The maximum Gasteiger partial charge on any atom is 0.128 e. The van der Waals surface area contributed by atoms with Crippen LogP contribution in [-0.4, -0.2) is 17.8 Å². The van der Waals surface area contributed by atoms with Gasteiger partial charge in [-0.05, 0) is 37.3 Å². The summed E-state index contributed by atoms with van der Waals surface area (Å²) < 4.78 is 19.5. The molecule has 3 heteroatoms. The Hall–Kier alpha value is -1.53. The maximum atomic E-state index is 13.6. The lowest BCUT2D eigenvalue weighted by Gasteiger charge is -2.27. The van der Waals surface area contributed by atoms with Crippen LogP contribution in [-0.2, 0) is 0 Å². The molecule has 0 radical (unpaired) electrons. The molecule has 0 bridgehead atoms. The summed E-state index contributed by atoms with van der Waals surface area (Å²) in [6.45, 7) is 2.25. The first kappa shape index (κ1) is 14.9. The Morgan fingerprint density at radius 1 is 1.35 bits per heavy atom. The van der Waals surface area contributed by atoms with Crippen molar-refractivity contribution in [3.05, 3.63) is 29.6 Å². The van der Waals surface area contributed by atoms with Gasteiger partial charge >= 0.3 is 0 Å². The van der Waals surface area contributed by atoms with Gasteiger partial charge in [0.05, 0.1) is 12.7 Å². The van der Waals surface area contributed by atoms with E-state index in [2.05, 4.69) is 18.8 Å². The quantitative estimate of drug-likeness (QED) is 0.856. The van der Waals surface area contributed by atoms with E-state index in [0.29, 0.717) is 23.7 Å². The van der Waals surface area contributed by atoms with Gasteiger partial charge in [-0.25, -0.2) is 4.39 Å². The Morgan fingerprint density at radius 2 is 2.20 bits per heavy atom. The summed E-state index contributed by atoms with van der Waals surface area (Å²) >= 11 is 0. The molecule has 2 rings (SSSR count). The third-order valence-corrected chi connectivity index (χ3v) is 3.53. The summed E-state index contributed by atoms with van der Waals surface area (Å²) in [5.74, 6) is 6.53. The Kier molecular flexibility index (Phi) is 5.43. The van der Waals surface area contributed by atoms with Crippen molar-refractivity contribution in [3.63, 3.8) is 0 Å². The topological polar surface area (TPSA) is 29.5 Å². The SMILES string of the molecule is CC1CCCC(Oc2cc(F)cc(C#CCCO)c2)C1. The smallest absolute Gasteiger partial charge is 0.128 e. The van der Waals surface area contributed by atoms with Gasteiger partial charge in [-0.15, -0.1) is 0 Å². The number of aliphatic hydroxyl groups excluding tert-OH is 1. The summed E-state index contributed by atoms with van der Waals surface area (Å²) in [5.41, 5.74) is 0.595. The van der Waals surface area contributed by atoms with E-state index in [1.165, 1.54) is 25.0 Å². The first-order chi connectivity index (χ1) is 9.67. The average Bonchev–Trinajstić information content (AvgIpc) is 2.38. The third-order valence-electron chi connectivity index (χ3n) is 3.53. The van der Waals surface area contributed by atoms with Crippen LogP contribution in [0.4, 0.5) is 4.39 Å². The van der Waals surface area contributed by atoms with Gasteiger partial charge in [-0.1, -0.05) is 25.2 Å². The van der Waals surface area contributed by atoms with Crippen molar-refractivity contribution in [1.29, 1.82) is 0 Å². The number of aliphatic hydroxyl groups is 1. The van der Waals surface area contributed by atoms with Crippen LogP contribution in [0.25, 0.3) is 0 Å². The van der Waals surface area contributed by atoms with Crippen molar-refractivity contribution in [2.75, 3.05) is 6.61 Å². The Labute approximate surface area is 120 Å². The largest absolute Gasteiger partial charge is 0.490 e. The first-order valence-corrected chi connectivity index (χ1v) is 7.24. The molecule has 1 aromatic rings. The molecule has 2 atom stereocenters. The Bertz CT molecular complexity index is 501. The van der Waals surface area contributed by atoms with Crippen LogP contribution in [0.1, 0.15) is 44.6 Å². The van der Waals surface area contributed by atoms with Crippen molar-refractivity contribution in [2.45, 2.75) is 45.1 Å². The number of ether oxygens (including phenoxy) is 1. The third kappa shape index (κ3) is 4.54. The molecule has 0 amide bonds. The lowest BCUT2D eigenvalue weighted by molar-refractivity contribution is 0.129. The fourth-order valence-corrected chi connectivity index (χ4v) is 2.60. The zero-order valence-corrected chi connectivity index (χ0v) is 11.9. The molecule has 1 N–H and O–H groups in total. The minimum Gasteiger partial charge on any atom is -0.490 e. The summed E-state index contributed by atoms with van der Waals surface area (Å²) in [4.78, 5) is 0. The number of hydrogen-bond donors (Lipinski definition) is 1. The summed E-state index contributed by atoms with van der Waals surface area (Å²) in [6.07, 6.45) is 5.06. The highest BCUT2D eigenvalue weighted by molar-refractivity contribution is 5.40. The second kappa shape index (κ2) is 7.31. The molecular formula is C17H21FO2. The first-order valence-electron chi connectivity index (χ1n) is 7.24. The Morgan fingerprint density at radius 3 is 2.95 bits per heavy atom. The summed E-state index contributed by atoms with van der Waals surface area (Å²) in [6, 6.07) is 4.57. The van der Waals surface area contributed by atoms with E-state index in [9.17, 15) is 4.39 Å². The molecule has 2 unspecified atom stereocenters. The molecule has 2 nitrogen and oxygen atoms in total. The van der Waals surface area contributed by atoms with Crippen LogP contribution in [0.2, 0.25) is 0 Å². The van der Waals surface area contributed by atoms with E-state index < -0.39 is 0 Å². The van der Waals surface area contributed by atoms with E-state index in [1.807, 2.05) is 0 Å². The normalized spacial score (nSPS) is 21.9. The monoisotopic (exact) mass is 276 g/mol. The lowest BCUT2D eigenvalue weighted by Crippen LogP contribution is -2.24. The molecule has 1 fully saturated rings. The average molecular weight is 276 g/mol. The molecule has 1 aliphatic rings. The second-order valence-electron chi connectivity index (χ2n) is 5.46. The van der Waals surface area contributed by atoms with Gasteiger partial charge in [0.1, 0.15) is 11.6 Å². The fraction of sp³-hybridized carbons (Fsp3) is 0.529. The van der Waals surface area contributed by atoms with Crippen molar-refractivity contribution < 1.29 is 14.2 Å². The summed E-state index contributed by atoms with van der Waals surface area (Å²) in [7, 11) is 0. The highest BCUT2D eigenvalue weighted by atomic mass is 19.1. The maximum absolute atomic E-state index is 13.6. The van der Waals surface area contributed by atoms with E-state index >= 15 is 0 Å². The van der Waals surface area contributed by atoms with Crippen LogP contribution >= 0.6 is 0 Å². The van der Waals surface area contributed by atoms with E-state index in [-0.39, 0.29) is 18.5 Å². The van der Waals surface area contributed by atoms with Gasteiger partial charge in [-0.3, -0.25) is 0 Å². The molecular weight excluding hydrogens is 255 g/mol. The molecule has 108 valence electrons. The van der Waals surface area contributed by atoms with Gasteiger partial charge in [0.25, 0.3) is 0 Å². The Balaban J connectivity index is 2.06. The van der Waals surface area contributed by atoms with Crippen molar-refractivity contribution >= 4 is 0 Å². The van der Waals surface area contributed by atoms with Crippen molar-refractivity contribution in [2.24, 2.45) is 5.92 Å². The lowest BCUT2D eigenvalue weighted by atomic mass is 9.89. The number of halogens is 1. The zero-order valence-electron chi connectivity index (χ0n) is 11.9. The van der Waals surface area contributed by atoms with E-state index in [4.69, 9.17) is 9.84 Å². The number of hydrogen-bond acceptors (Lipinski definition) is 2. The molecule has 20 heavy (non-hydrogen) atoms. The molecule has 1 saturated carbocycles. The van der Waals surface area contributed by atoms with Crippen molar-refractivity contribution in [3.8, 4) is 17.6 Å². The summed E-state index contributed by atoms with van der Waals surface area (Å²) in [5, 5.41) is 8.69. The van der Waals surface area contributed by atoms with Gasteiger partial charge in [-0.2, -0.15) is 0 Å². The molecule has 1 aromatic carbocycles. The predicted molar refractivity (Wildman–Crippen MR) is 77.0 cm³/mol. The zero-order chi connectivity index (χ0) is 14.4. The van der Waals surface area contributed by atoms with E-state index in [0.717, 1.165) is 12.8 Å². The van der Waals surface area contributed by atoms with Gasteiger partial charge < -0.3 is 9.84 Å². The molecule has 0 aromatic heterocycles. The van der Waals surface area contributed by atoms with Crippen LogP contribution < -0.4 is 4.74 Å². The number of benzene rings is 1. The molecule has 0 spiro atoms. The van der Waals surface area contributed by atoms with E-state index in [1.54, 1.807) is 6.07 Å². The minimum atomic E-state index is -0.334. The van der Waals surface area contributed by atoms with Gasteiger partial charge in [0, 0.05) is 18.1 Å². The fourth-order valence-electron chi connectivity index (χ4n) is 2.60. The van der Waals surface area contributed by atoms with Crippen LogP contribution in [0, 0.1) is 23.6 Å². The molecule has 0 aliphatic heterocycles. The van der Waals surface area contributed by atoms with Gasteiger partial charge in [0.15, 0.2) is 0 Å². The minimum absolute atomic E-state index is 0.0195.